The van der Waals surface area contributed by atoms with Crippen LogP contribution < -0.4 is 9.64 Å². The molecule has 1 amide bonds. The Morgan fingerprint density at radius 3 is 2.53 bits per heavy atom. The maximum atomic E-state index is 11.6. The summed E-state index contributed by atoms with van der Waals surface area (Å²) < 4.78 is 5.21. The van der Waals surface area contributed by atoms with E-state index in [1.54, 1.807) is 14.0 Å². The standard InChI is InChI=1S/C13H17NO2.C3H6/c1-9-6-11-7-12(16-3)4-5-13(11)14(8-9)10(2)15;1-2-3-1/h4-5,7,9H,6,8H2,1-3H3;1-3H2. The van der Waals surface area contributed by atoms with E-state index in [1.807, 2.05) is 23.1 Å². The van der Waals surface area contributed by atoms with Gasteiger partial charge in [0.2, 0.25) is 5.91 Å². The van der Waals surface area contributed by atoms with Crippen LogP contribution in [0.25, 0.3) is 0 Å². The Morgan fingerprint density at radius 2 is 2.00 bits per heavy atom. The van der Waals surface area contributed by atoms with Crippen LogP contribution in [0.4, 0.5) is 5.69 Å². The van der Waals surface area contributed by atoms with Gasteiger partial charge in [0, 0.05) is 19.2 Å². The van der Waals surface area contributed by atoms with Crippen molar-refractivity contribution in [2.75, 3.05) is 18.6 Å². The number of fused-ring (bicyclic) bond motifs is 1. The molecule has 0 spiro atoms. The highest BCUT2D eigenvalue weighted by Gasteiger charge is 2.24. The van der Waals surface area contributed by atoms with Crippen molar-refractivity contribution < 1.29 is 9.53 Å². The number of benzene rings is 1. The minimum Gasteiger partial charge on any atom is -0.497 e. The van der Waals surface area contributed by atoms with Crippen molar-refractivity contribution in [3.05, 3.63) is 23.8 Å². The number of ether oxygens (including phenoxy) is 1. The van der Waals surface area contributed by atoms with E-state index < -0.39 is 0 Å². The highest BCUT2D eigenvalue weighted by Crippen LogP contribution is 2.32. The van der Waals surface area contributed by atoms with Crippen LogP contribution >= 0.6 is 0 Å². The molecule has 1 fully saturated rings. The van der Waals surface area contributed by atoms with Gasteiger partial charge < -0.3 is 9.64 Å². The molecule has 0 N–H and O–H groups in total. The average Bonchev–Trinajstić information content (AvgIpc) is 3.24. The summed E-state index contributed by atoms with van der Waals surface area (Å²) in [6, 6.07) is 5.91. The molecule has 1 heterocycles. The summed E-state index contributed by atoms with van der Waals surface area (Å²) in [5.41, 5.74) is 2.24. The minimum absolute atomic E-state index is 0.109. The van der Waals surface area contributed by atoms with Gasteiger partial charge in [-0.1, -0.05) is 26.2 Å². The molecule has 1 aromatic carbocycles. The van der Waals surface area contributed by atoms with Crippen LogP contribution in [0.1, 0.15) is 38.7 Å². The third-order valence-corrected chi connectivity index (χ3v) is 3.37. The van der Waals surface area contributed by atoms with Crippen LogP contribution in [-0.2, 0) is 11.2 Å². The minimum atomic E-state index is 0.109. The summed E-state index contributed by atoms with van der Waals surface area (Å²) in [5.74, 6) is 1.47. The number of carbonyl (C=O) groups is 1. The Hall–Kier alpha value is -1.51. The number of hydrogen-bond donors (Lipinski definition) is 0. The van der Waals surface area contributed by atoms with Crippen molar-refractivity contribution in [1.82, 2.24) is 0 Å². The number of carbonyl (C=O) groups excluding carboxylic acids is 1. The molecule has 0 bridgehead atoms. The molecule has 19 heavy (non-hydrogen) atoms. The molecule has 1 aliphatic heterocycles. The Kier molecular flexibility index (Phi) is 4.46. The van der Waals surface area contributed by atoms with Gasteiger partial charge in [0.25, 0.3) is 0 Å². The summed E-state index contributed by atoms with van der Waals surface area (Å²) in [6.07, 6.45) is 5.51. The number of rotatable bonds is 1. The molecule has 104 valence electrons. The first-order chi connectivity index (χ1) is 9.11. The van der Waals surface area contributed by atoms with E-state index >= 15 is 0 Å². The molecule has 3 heteroatoms. The number of nitrogens with zero attached hydrogens (tertiary/aromatic N) is 1. The lowest BCUT2D eigenvalue weighted by Gasteiger charge is -2.32. The summed E-state index contributed by atoms with van der Waals surface area (Å²) in [4.78, 5) is 13.4. The highest BCUT2D eigenvalue weighted by molar-refractivity contribution is 5.93. The Bertz CT molecular complexity index is 451. The summed E-state index contributed by atoms with van der Waals surface area (Å²) in [5, 5.41) is 0. The lowest BCUT2D eigenvalue weighted by atomic mass is 9.93. The molecule has 1 saturated carbocycles. The van der Waals surface area contributed by atoms with Crippen LogP contribution in [0.2, 0.25) is 0 Å². The number of anilines is 1. The van der Waals surface area contributed by atoms with Crippen LogP contribution in [0.15, 0.2) is 18.2 Å². The van der Waals surface area contributed by atoms with Crippen molar-refractivity contribution in [2.24, 2.45) is 5.92 Å². The summed E-state index contributed by atoms with van der Waals surface area (Å²) in [7, 11) is 1.66. The van der Waals surface area contributed by atoms with Gasteiger partial charge in [-0.05, 0) is 36.1 Å². The van der Waals surface area contributed by atoms with Crippen molar-refractivity contribution in [3.8, 4) is 5.75 Å². The van der Waals surface area contributed by atoms with Crippen LogP contribution in [0.5, 0.6) is 5.75 Å². The van der Waals surface area contributed by atoms with Gasteiger partial charge in [-0.15, -0.1) is 0 Å². The predicted octanol–water partition coefficient (Wildman–Crippen LogP) is 3.41. The van der Waals surface area contributed by atoms with E-state index in [2.05, 4.69) is 6.92 Å². The Balaban J connectivity index is 0.000000390. The van der Waals surface area contributed by atoms with Gasteiger partial charge in [0.15, 0.2) is 0 Å². The quantitative estimate of drug-likeness (QED) is 0.775. The van der Waals surface area contributed by atoms with Gasteiger partial charge in [-0.25, -0.2) is 0 Å². The molecule has 2 aliphatic rings. The SMILES string of the molecule is C1CC1.COc1ccc2c(c1)CC(C)CN2C(C)=O. The topological polar surface area (TPSA) is 29.5 Å². The summed E-state index contributed by atoms with van der Waals surface area (Å²) in [6.45, 7) is 4.60. The van der Waals surface area contributed by atoms with Crippen molar-refractivity contribution >= 4 is 11.6 Å². The zero-order valence-corrected chi connectivity index (χ0v) is 12.1. The maximum Gasteiger partial charge on any atom is 0.223 e. The molecule has 1 aromatic rings. The molecule has 0 aromatic heterocycles. The van der Waals surface area contributed by atoms with Crippen molar-refractivity contribution in [1.29, 1.82) is 0 Å². The normalized spacial score (nSPS) is 19.9. The molecular formula is C16H23NO2. The fourth-order valence-corrected chi connectivity index (χ4v) is 2.26. The predicted molar refractivity (Wildman–Crippen MR) is 77.7 cm³/mol. The monoisotopic (exact) mass is 261 g/mol. The molecular weight excluding hydrogens is 238 g/mol. The molecule has 0 saturated heterocycles. The third kappa shape index (κ3) is 3.72. The second-order valence-electron chi connectivity index (χ2n) is 5.49. The molecule has 1 atom stereocenters. The van der Waals surface area contributed by atoms with Crippen LogP contribution in [-0.4, -0.2) is 19.6 Å². The lowest BCUT2D eigenvalue weighted by molar-refractivity contribution is -0.116. The zero-order valence-electron chi connectivity index (χ0n) is 12.1. The van der Waals surface area contributed by atoms with Crippen molar-refractivity contribution in [3.63, 3.8) is 0 Å². The smallest absolute Gasteiger partial charge is 0.223 e. The van der Waals surface area contributed by atoms with E-state index in [-0.39, 0.29) is 5.91 Å². The molecule has 0 radical (unpaired) electrons. The van der Waals surface area contributed by atoms with E-state index in [0.717, 1.165) is 24.4 Å². The molecule has 3 nitrogen and oxygen atoms in total. The first kappa shape index (κ1) is 13.9. The molecule has 1 unspecified atom stereocenters. The average molecular weight is 261 g/mol. The molecule has 3 rings (SSSR count). The van der Waals surface area contributed by atoms with E-state index in [9.17, 15) is 4.79 Å². The fraction of sp³-hybridized carbons (Fsp3) is 0.562. The second-order valence-corrected chi connectivity index (χ2v) is 5.49. The van der Waals surface area contributed by atoms with Gasteiger partial charge >= 0.3 is 0 Å². The van der Waals surface area contributed by atoms with E-state index in [4.69, 9.17) is 4.74 Å². The number of methoxy groups -OCH3 is 1. The first-order valence-electron chi connectivity index (χ1n) is 7.07. The summed E-state index contributed by atoms with van der Waals surface area (Å²) >= 11 is 0. The Morgan fingerprint density at radius 1 is 1.32 bits per heavy atom. The van der Waals surface area contributed by atoms with Gasteiger partial charge in [0.05, 0.1) is 7.11 Å². The van der Waals surface area contributed by atoms with Crippen LogP contribution in [0.3, 0.4) is 0 Å². The largest absolute Gasteiger partial charge is 0.497 e. The fourth-order valence-electron chi connectivity index (χ4n) is 2.26. The van der Waals surface area contributed by atoms with E-state index in [0.29, 0.717) is 5.92 Å². The third-order valence-electron chi connectivity index (χ3n) is 3.37. The molecule has 1 aliphatic carbocycles. The zero-order chi connectivity index (χ0) is 13.8. The maximum absolute atomic E-state index is 11.6. The van der Waals surface area contributed by atoms with Gasteiger partial charge in [-0.3, -0.25) is 4.79 Å². The van der Waals surface area contributed by atoms with Gasteiger partial charge in [-0.2, -0.15) is 0 Å². The van der Waals surface area contributed by atoms with Crippen molar-refractivity contribution in [2.45, 2.75) is 39.5 Å². The first-order valence-corrected chi connectivity index (χ1v) is 7.07. The lowest BCUT2D eigenvalue weighted by Crippen LogP contribution is -2.37. The highest BCUT2D eigenvalue weighted by atomic mass is 16.5. The van der Waals surface area contributed by atoms with Crippen LogP contribution in [0, 0.1) is 5.92 Å². The number of hydrogen-bond acceptors (Lipinski definition) is 2. The Labute approximate surface area is 115 Å². The van der Waals surface area contributed by atoms with Gasteiger partial charge in [0.1, 0.15) is 5.75 Å². The number of amides is 1. The van der Waals surface area contributed by atoms with E-state index in [1.165, 1.54) is 24.8 Å². The second kappa shape index (κ2) is 6.09.